The fourth-order valence-electron chi connectivity index (χ4n) is 3.31. The van der Waals surface area contributed by atoms with E-state index in [1.54, 1.807) is 20.3 Å². The van der Waals surface area contributed by atoms with Crippen molar-refractivity contribution in [2.45, 2.75) is 26.0 Å². The molecule has 4 rings (SSSR count). The maximum absolute atomic E-state index is 14.7. The Labute approximate surface area is 194 Å². The number of nitrogens with zero attached hydrogens (tertiary/aromatic N) is 6. The van der Waals surface area contributed by atoms with Gasteiger partial charge in [-0.25, -0.2) is 9.37 Å². The van der Waals surface area contributed by atoms with E-state index in [0.29, 0.717) is 34.9 Å². The highest BCUT2D eigenvalue weighted by Crippen LogP contribution is 2.31. The minimum Gasteiger partial charge on any atom is -0.421 e. The van der Waals surface area contributed by atoms with Crippen LogP contribution in [0, 0.1) is 5.82 Å². The first-order chi connectivity index (χ1) is 15.7. The Morgan fingerprint density at radius 2 is 2.09 bits per heavy atom. The molecule has 0 bridgehead atoms. The second kappa shape index (κ2) is 9.24. The van der Waals surface area contributed by atoms with Crippen molar-refractivity contribution in [2.24, 2.45) is 0 Å². The number of carbonyl (C=O) groups excluding carboxylic acids is 1. The van der Waals surface area contributed by atoms with Crippen LogP contribution in [0.3, 0.4) is 0 Å². The molecular weight excluding hydrogens is 449 g/mol. The predicted octanol–water partition coefficient (Wildman–Crippen LogP) is 2.82. The minimum atomic E-state index is -0.707. The first kappa shape index (κ1) is 22.8. The van der Waals surface area contributed by atoms with E-state index in [0.717, 1.165) is 6.07 Å². The number of hydrogen-bond acceptors (Lipinski definition) is 10. The lowest BCUT2D eigenvalue weighted by Gasteiger charge is -2.37. The topological polar surface area (TPSA) is 120 Å². The van der Waals surface area contributed by atoms with Gasteiger partial charge in [0, 0.05) is 26.2 Å². The number of aromatic nitrogens is 4. The molecule has 12 heteroatoms. The van der Waals surface area contributed by atoms with E-state index < -0.39 is 5.82 Å². The van der Waals surface area contributed by atoms with E-state index in [4.69, 9.17) is 15.2 Å². The quantitative estimate of drug-likeness (QED) is 0.596. The van der Waals surface area contributed by atoms with Crippen LogP contribution >= 0.6 is 11.3 Å². The third-order valence-electron chi connectivity index (χ3n) is 5.27. The van der Waals surface area contributed by atoms with Gasteiger partial charge in [-0.05, 0) is 32.0 Å². The Morgan fingerprint density at radius 3 is 2.76 bits per heavy atom. The van der Waals surface area contributed by atoms with Crippen LogP contribution in [0.4, 0.5) is 15.5 Å². The number of hydrogen-bond donors (Lipinski definition) is 1. The second-order valence-corrected chi connectivity index (χ2v) is 8.82. The summed E-state index contributed by atoms with van der Waals surface area (Å²) in [5.74, 6) is -0.439. The molecule has 2 aromatic heterocycles. The summed E-state index contributed by atoms with van der Waals surface area (Å²) < 4.78 is 26.1. The zero-order valence-corrected chi connectivity index (χ0v) is 19.5. The number of ether oxygens (including phenoxy) is 2. The monoisotopic (exact) mass is 473 g/mol. The van der Waals surface area contributed by atoms with Crippen LogP contribution in [0.1, 0.15) is 24.2 Å². The summed E-state index contributed by atoms with van der Waals surface area (Å²) in [5.41, 5.74) is 5.98. The molecule has 0 aliphatic carbocycles. The first-order valence-electron chi connectivity index (χ1n) is 10.3. The molecule has 1 aliphatic heterocycles. The summed E-state index contributed by atoms with van der Waals surface area (Å²) in [6.07, 6.45) is 1.54. The van der Waals surface area contributed by atoms with Gasteiger partial charge in [-0.1, -0.05) is 11.3 Å². The van der Waals surface area contributed by atoms with E-state index >= 15 is 0 Å². The molecule has 1 saturated heterocycles. The number of amides is 1. The minimum absolute atomic E-state index is 0.00134. The van der Waals surface area contributed by atoms with Crippen LogP contribution in [-0.2, 0) is 4.74 Å². The molecule has 0 radical (unpaired) electrons. The summed E-state index contributed by atoms with van der Waals surface area (Å²) in [7, 11) is 3.19. The maximum atomic E-state index is 14.7. The Balaban J connectivity index is 1.71. The van der Waals surface area contributed by atoms with Crippen molar-refractivity contribution in [3.05, 3.63) is 35.8 Å². The molecule has 33 heavy (non-hydrogen) atoms. The number of nitrogen functional groups attached to an aromatic ring is 1. The van der Waals surface area contributed by atoms with E-state index in [-0.39, 0.29) is 35.4 Å². The molecular formula is C21H24FN7O3S. The molecule has 10 nitrogen and oxygen atoms in total. The fraction of sp³-hybridized carbons (Fsp3) is 0.381. The molecule has 0 saturated carbocycles. The number of rotatable bonds is 5. The third kappa shape index (κ3) is 4.86. The van der Waals surface area contributed by atoms with Crippen molar-refractivity contribution >= 4 is 28.3 Å². The van der Waals surface area contributed by atoms with Crippen LogP contribution in [0.2, 0.25) is 0 Å². The third-order valence-corrected chi connectivity index (χ3v) is 6.10. The highest BCUT2D eigenvalue weighted by Gasteiger charge is 2.29. The molecule has 0 spiro atoms. The number of benzene rings is 1. The van der Waals surface area contributed by atoms with Crippen LogP contribution in [0.15, 0.2) is 24.4 Å². The number of nitrogens with two attached hydrogens (primary N) is 1. The Hall–Kier alpha value is -3.38. The lowest BCUT2D eigenvalue weighted by molar-refractivity contribution is 0.0277. The standard InChI is InChI=1S/C21H24FN7O3S/c1-11-12(2)31-8-7-29(11)20-25-17(16-10-24-19(23)33-16)26-21(27-20)32-15-6-5-13(9-14(15)22)18(30)28(3)4/h5-6,9-12H,7-8H2,1-4H3,(H2,23,24)/t11-,12+/m0/s1. The maximum Gasteiger partial charge on any atom is 0.327 e. The molecule has 2 atom stereocenters. The van der Waals surface area contributed by atoms with Crippen molar-refractivity contribution in [1.82, 2.24) is 24.8 Å². The molecule has 174 valence electrons. The van der Waals surface area contributed by atoms with E-state index in [1.807, 2.05) is 18.7 Å². The summed E-state index contributed by atoms with van der Waals surface area (Å²) in [6, 6.07) is 3.90. The van der Waals surface area contributed by atoms with Gasteiger partial charge in [0.25, 0.3) is 5.91 Å². The van der Waals surface area contributed by atoms with Crippen molar-refractivity contribution in [3.8, 4) is 22.5 Å². The predicted molar refractivity (Wildman–Crippen MR) is 122 cm³/mol. The van der Waals surface area contributed by atoms with Crippen molar-refractivity contribution in [1.29, 1.82) is 0 Å². The molecule has 1 fully saturated rings. The molecule has 3 aromatic rings. The first-order valence-corrected chi connectivity index (χ1v) is 11.1. The molecule has 0 unspecified atom stereocenters. The largest absolute Gasteiger partial charge is 0.421 e. The van der Waals surface area contributed by atoms with Gasteiger partial charge in [-0.15, -0.1) is 0 Å². The lowest BCUT2D eigenvalue weighted by Crippen LogP contribution is -2.49. The summed E-state index contributed by atoms with van der Waals surface area (Å²) in [4.78, 5) is 33.5. The molecule has 2 N–H and O–H groups in total. The van der Waals surface area contributed by atoms with E-state index in [1.165, 1.54) is 28.4 Å². The zero-order chi connectivity index (χ0) is 23.7. The van der Waals surface area contributed by atoms with Gasteiger partial charge in [-0.3, -0.25) is 4.79 Å². The van der Waals surface area contributed by atoms with Crippen LogP contribution in [-0.4, -0.2) is 70.1 Å². The zero-order valence-electron chi connectivity index (χ0n) is 18.6. The Kier molecular flexibility index (Phi) is 6.38. The normalized spacial score (nSPS) is 18.3. The Bertz CT molecular complexity index is 1170. The van der Waals surface area contributed by atoms with Crippen LogP contribution < -0.4 is 15.4 Å². The number of halogens is 1. The van der Waals surface area contributed by atoms with Gasteiger partial charge in [-0.2, -0.15) is 15.0 Å². The molecule has 1 aliphatic rings. The van der Waals surface area contributed by atoms with Gasteiger partial charge in [0.1, 0.15) is 0 Å². The van der Waals surface area contributed by atoms with Gasteiger partial charge in [0.15, 0.2) is 22.5 Å². The number of thiazole rings is 1. The Morgan fingerprint density at radius 1 is 1.30 bits per heavy atom. The SMILES string of the molecule is C[C@H]1OCCN(c2nc(Oc3ccc(C(=O)N(C)C)cc3F)nc(-c3cnc(N)s3)n2)[C@H]1C. The molecule has 1 amide bonds. The summed E-state index contributed by atoms with van der Waals surface area (Å²) in [6.45, 7) is 5.09. The number of morpholine rings is 1. The highest BCUT2D eigenvalue weighted by atomic mass is 32.1. The van der Waals surface area contributed by atoms with Crippen molar-refractivity contribution in [3.63, 3.8) is 0 Å². The number of anilines is 2. The van der Waals surface area contributed by atoms with Gasteiger partial charge in [0.2, 0.25) is 5.95 Å². The van der Waals surface area contributed by atoms with E-state index in [9.17, 15) is 9.18 Å². The average molecular weight is 474 g/mol. The lowest BCUT2D eigenvalue weighted by atomic mass is 10.1. The molecule has 3 heterocycles. The second-order valence-electron chi connectivity index (χ2n) is 7.76. The van der Waals surface area contributed by atoms with Crippen LogP contribution in [0.5, 0.6) is 11.8 Å². The van der Waals surface area contributed by atoms with Crippen molar-refractivity contribution < 1.29 is 18.7 Å². The average Bonchev–Trinajstić information content (AvgIpc) is 3.22. The van der Waals surface area contributed by atoms with Crippen molar-refractivity contribution in [2.75, 3.05) is 37.9 Å². The van der Waals surface area contributed by atoms with Gasteiger partial charge < -0.3 is 25.0 Å². The van der Waals surface area contributed by atoms with Gasteiger partial charge in [0.05, 0.1) is 29.8 Å². The highest BCUT2D eigenvalue weighted by molar-refractivity contribution is 7.18. The summed E-state index contributed by atoms with van der Waals surface area (Å²) >= 11 is 1.22. The summed E-state index contributed by atoms with van der Waals surface area (Å²) in [5, 5.41) is 0.370. The number of carbonyl (C=O) groups is 1. The van der Waals surface area contributed by atoms with Crippen LogP contribution in [0.25, 0.3) is 10.7 Å². The van der Waals surface area contributed by atoms with Gasteiger partial charge >= 0.3 is 6.01 Å². The fourth-order valence-corrected chi connectivity index (χ4v) is 3.93. The van der Waals surface area contributed by atoms with E-state index in [2.05, 4.69) is 19.9 Å². The molecule has 1 aromatic carbocycles. The smallest absolute Gasteiger partial charge is 0.327 e.